The highest BCUT2D eigenvalue weighted by atomic mass is 16.6. The summed E-state index contributed by atoms with van der Waals surface area (Å²) < 4.78 is 5.15. The molecule has 0 aliphatic carbocycles. The molecule has 0 aromatic heterocycles. The fourth-order valence-electron chi connectivity index (χ4n) is 1.88. The van der Waals surface area contributed by atoms with Gasteiger partial charge in [-0.3, -0.25) is 0 Å². The first-order chi connectivity index (χ1) is 8.06. The molecule has 1 unspecified atom stereocenters. The molecule has 0 saturated carbocycles. The van der Waals surface area contributed by atoms with E-state index in [1.165, 1.54) is 57.8 Å². The van der Waals surface area contributed by atoms with Crippen LogP contribution in [0.3, 0.4) is 0 Å². The molecule has 1 atom stereocenters. The molecule has 0 fully saturated rings. The fourth-order valence-corrected chi connectivity index (χ4v) is 1.88. The second-order valence-electron chi connectivity index (χ2n) is 5.21. The molecule has 0 bridgehead atoms. The Bertz CT molecular complexity index is 149. The minimum Gasteiger partial charge on any atom is -0.366 e. The number of unbranched alkanes of at least 4 members (excludes halogenated alkanes) is 9. The van der Waals surface area contributed by atoms with Gasteiger partial charge in [0.25, 0.3) is 0 Å². The molecule has 1 N–H and O–H groups in total. The summed E-state index contributed by atoms with van der Waals surface area (Å²) in [6.45, 7) is 7.93. The van der Waals surface area contributed by atoms with Gasteiger partial charge in [-0.25, -0.2) is 0 Å². The summed E-state index contributed by atoms with van der Waals surface area (Å²) in [7, 11) is 0. The fraction of sp³-hybridized carbons (Fsp3) is 0.933. The molecular formula is C15H31O2. The molecule has 2 heteroatoms. The van der Waals surface area contributed by atoms with Gasteiger partial charge in [0.1, 0.15) is 0 Å². The molecule has 0 amide bonds. The maximum atomic E-state index is 9.23. The highest BCUT2D eigenvalue weighted by Crippen LogP contribution is 2.11. The van der Waals surface area contributed by atoms with Crippen LogP contribution in [0.5, 0.6) is 0 Å². The molecule has 0 rings (SSSR count). The van der Waals surface area contributed by atoms with Crippen LogP contribution in [-0.2, 0) is 4.74 Å². The average Bonchev–Trinajstić information content (AvgIpc) is 2.24. The van der Waals surface area contributed by atoms with Crippen LogP contribution in [0.4, 0.5) is 0 Å². The van der Waals surface area contributed by atoms with Gasteiger partial charge in [-0.15, -0.1) is 0 Å². The van der Waals surface area contributed by atoms with Gasteiger partial charge in [-0.05, 0) is 13.3 Å². The zero-order valence-electron chi connectivity index (χ0n) is 11.8. The van der Waals surface area contributed by atoms with Crippen molar-refractivity contribution in [2.24, 2.45) is 0 Å². The molecular weight excluding hydrogens is 212 g/mol. The summed E-state index contributed by atoms with van der Waals surface area (Å²) in [5, 5.41) is 9.23. The summed E-state index contributed by atoms with van der Waals surface area (Å²) in [6.07, 6.45) is 13.2. The molecule has 17 heavy (non-hydrogen) atoms. The van der Waals surface area contributed by atoms with Crippen molar-refractivity contribution in [3.8, 4) is 0 Å². The minimum absolute atomic E-state index is 0.618. The largest absolute Gasteiger partial charge is 0.366 e. The van der Waals surface area contributed by atoms with Gasteiger partial charge in [0.15, 0.2) is 5.79 Å². The van der Waals surface area contributed by atoms with Crippen LogP contribution in [0.15, 0.2) is 0 Å². The zero-order valence-corrected chi connectivity index (χ0v) is 11.8. The number of rotatable bonds is 12. The van der Waals surface area contributed by atoms with Crippen molar-refractivity contribution < 1.29 is 9.84 Å². The van der Waals surface area contributed by atoms with Crippen molar-refractivity contribution in [1.82, 2.24) is 0 Å². The smallest absolute Gasteiger partial charge is 0.162 e. The number of hydrogen-bond acceptors (Lipinski definition) is 2. The lowest BCUT2D eigenvalue weighted by Gasteiger charge is -2.17. The Morgan fingerprint density at radius 3 is 1.71 bits per heavy atom. The van der Waals surface area contributed by atoms with Crippen molar-refractivity contribution in [2.75, 3.05) is 6.61 Å². The SMILES string of the molecule is [CH2]C(C)(O)OCCCCCCCCCCCC. The van der Waals surface area contributed by atoms with Crippen molar-refractivity contribution in [2.45, 2.75) is 83.8 Å². The van der Waals surface area contributed by atoms with Crippen molar-refractivity contribution >= 4 is 0 Å². The number of ether oxygens (including phenoxy) is 1. The first kappa shape index (κ1) is 16.9. The van der Waals surface area contributed by atoms with E-state index in [9.17, 15) is 5.11 Å². The van der Waals surface area contributed by atoms with E-state index in [4.69, 9.17) is 4.74 Å². The second-order valence-corrected chi connectivity index (χ2v) is 5.21. The molecule has 2 nitrogen and oxygen atoms in total. The van der Waals surface area contributed by atoms with Crippen LogP contribution in [0.25, 0.3) is 0 Å². The lowest BCUT2D eigenvalue weighted by atomic mass is 10.1. The van der Waals surface area contributed by atoms with E-state index in [1.807, 2.05) is 0 Å². The van der Waals surface area contributed by atoms with E-state index in [1.54, 1.807) is 6.92 Å². The standard InChI is InChI=1S/C15H31O2/c1-4-5-6-7-8-9-10-11-12-13-14-17-15(2,3)16/h16H,2,4-14H2,1,3H3. The molecule has 103 valence electrons. The van der Waals surface area contributed by atoms with Crippen molar-refractivity contribution in [1.29, 1.82) is 0 Å². The monoisotopic (exact) mass is 243 g/mol. The van der Waals surface area contributed by atoms with Crippen LogP contribution < -0.4 is 0 Å². The number of aliphatic hydroxyl groups is 1. The topological polar surface area (TPSA) is 29.5 Å². The lowest BCUT2D eigenvalue weighted by Crippen LogP contribution is -2.24. The molecule has 0 heterocycles. The first-order valence-electron chi connectivity index (χ1n) is 7.28. The van der Waals surface area contributed by atoms with E-state index in [0.717, 1.165) is 6.42 Å². The Morgan fingerprint density at radius 2 is 1.29 bits per heavy atom. The van der Waals surface area contributed by atoms with Crippen molar-refractivity contribution in [3.63, 3.8) is 0 Å². The minimum atomic E-state index is -1.21. The summed E-state index contributed by atoms with van der Waals surface area (Å²) in [6, 6.07) is 0. The number of hydrogen-bond donors (Lipinski definition) is 1. The molecule has 0 aromatic carbocycles. The van der Waals surface area contributed by atoms with E-state index in [-0.39, 0.29) is 0 Å². The van der Waals surface area contributed by atoms with Gasteiger partial charge in [-0.2, -0.15) is 0 Å². The van der Waals surface area contributed by atoms with Crippen molar-refractivity contribution in [3.05, 3.63) is 6.92 Å². The van der Waals surface area contributed by atoms with Crippen LogP contribution in [0.1, 0.15) is 78.1 Å². The third kappa shape index (κ3) is 15.9. The first-order valence-corrected chi connectivity index (χ1v) is 7.28. The Morgan fingerprint density at radius 1 is 0.882 bits per heavy atom. The van der Waals surface area contributed by atoms with E-state index >= 15 is 0 Å². The van der Waals surface area contributed by atoms with E-state index in [2.05, 4.69) is 13.8 Å². The maximum Gasteiger partial charge on any atom is 0.162 e. The van der Waals surface area contributed by atoms with Gasteiger partial charge in [-0.1, -0.05) is 64.7 Å². The molecule has 0 aromatic rings. The van der Waals surface area contributed by atoms with Crippen LogP contribution in [-0.4, -0.2) is 17.5 Å². The molecule has 0 saturated heterocycles. The maximum absolute atomic E-state index is 9.23. The Hall–Kier alpha value is -0.0800. The predicted octanol–water partition coefficient (Wildman–Crippen LogP) is 4.47. The van der Waals surface area contributed by atoms with Gasteiger partial charge in [0, 0.05) is 6.92 Å². The summed E-state index contributed by atoms with van der Waals surface area (Å²) in [5.74, 6) is -1.21. The highest BCUT2D eigenvalue weighted by molar-refractivity contribution is 4.60. The molecule has 0 aliphatic heterocycles. The molecule has 0 spiro atoms. The quantitative estimate of drug-likeness (QED) is 0.405. The lowest BCUT2D eigenvalue weighted by molar-refractivity contribution is -0.155. The average molecular weight is 243 g/mol. The predicted molar refractivity (Wildman–Crippen MR) is 73.8 cm³/mol. The summed E-state index contributed by atoms with van der Waals surface area (Å²) in [5.41, 5.74) is 0. The van der Waals surface area contributed by atoms with Crippen LogP contribution in [0, 0.1) is 6.92 Å². The van der Waals surface area contributed by atoms with Crippen LogP contribution in [0.2, 0.25) is 0 Å². The van der Waals surface area contributed by atoms with Gasteiger partial charge < -0.3 is 9.84 Å². The van der Waals surface area contributed by atoms with Gasteiger partial charge in [0.05, 0.1) is 6.61 Å². The summed E-state index contributed by atoms with van der Waals surface area (Å²) in [4.78, 5) is 0. The van der Waals surface area contributed by atoms with E-state index < -0.39 is 5.79 Å². The Labute approximate surface area is 108 Å². The Balaban J connectivity index is 2.99. The highest BCUT2D eigenvalue weighted by Gasteiger charge is 2.11. The molecule has 0 aliphatic rings. The van der Waals surface area contributed by atoms with Crippen LogP contribution >= 0.6 is 0 Å². The zero-order chi connectivity index (χ0) is 13.0. The van der Waals surface area contributed by atoms with Gasteiger partial charge in [0.2, 0.25) is 0 Å². The third-order valence-electron chi connectivity index (χ3n) is 2.91. The second kappa shape index (κ2) is 11.0. The molecule has 1 radical (unpaired) electrons. The van der Waals surface area contributed by atoms with E-state index in [0.29, 0.717) is 6.61 Å². The van der Waals surface area contributed by atoms with Gasteiger partial charge >= 0.3 is 0 Å². The third-order valence-corrected chi connectivity index (χ3v) is 2.91. The normalized spacial score (nSPS) is 12.0. The Kier molecular flexibility index (Phi) is 11.0. The summed E-state index contributed by atoms with van der Waals surface area (Å²) >= 11 is 0.